The molecule has 298 valence electrons. The van der Waals surface area contributed by atoms with E-state index in [1.807, 2.05) is 6.07 Å². The Morgan fingerprint density at radius 1 is 0.492 bits per heavy atom. The number of furan rings is 1. The number of rotatable bonds is 4. The molecule has 3 heterocycles. The number of hydrogen-bond acceptors (Lipinski definition) is 3. The minimum atomic E-state index is -0.386. The van der Waals surface area contributed by atoms with E-state index in [0.717, 1.165) is 73.2 Å². The Hall–Kier alpha value is -7.95. The van der Waals surface area contributed by atoms with Gasteiger partial charge in [0, 0.05) is 50.5 Å². The van der Waals surface area contributed by atoms with Gasteiger partial charge in [0.2, 0.25) is 0 Å². The number of para-hydroxylation sites is 2. The first-order chi connectivity index (χ1) is 31.1. The van der Waals surface area contributed by atoms with Gasteiger partial charge >= 0.3 is 0 Å². The molecule has 63 heavy (non-hydrogen) atoms. The van der Waals surface area contributed by atoms with Crippen LogP contribution in [0.3, 0.4) is 0 Å². The van der Waals surface area contributed by atoms with Gasteiger partial charge in [0.05, 0.1) is 16.7 Å². The van der Waals surface area contributed by atoms with E-state index in [-0.39, 0.29) is 12.1 Å². The Morgan fingerprint density at radius 2 is 1.16 bits per heavy atom. The SMILES string of the molecule is CC1C/C=C(\c2cc3c(cc2-n2c4ccccc4c4cc5ccccc5cc42)oc2ccccc23)NC(c2ccc3c(ccc4ccccc43)c2)N=C1c1ccc2ccccc2c1. The van der Waals surface area contributed by atoms with Gasteiger partial charge in [-0.05, 0) is 103 Å². The molecule has 1 N–H and O–H groups in total. The average molecular weight is 808 g/mol. The molecule has 4 heteroatoms. The van der Waals surface area contributed by atoms with Gasteiger partial charge in [-0.15, -0.1) is 0 Å². The van der Waals surface area contributed by atoms with E-state index in [9.17, 15) is 0 Å². The molecule has 13 rings (SSSR count). The third-order valence-electron chi connectivity index (χ3n) is 13.4. The second-order valence-corrected chi connectivity index (χ2v) is 17.2. The highest BCUT2D eigenvalue weighted by atomic mass is 16.3. The lowest BCUT2D eigenvalue weighted by molar-refractivity contribution is 0.642. The van der Waals surface area contributed by atoms with Gasteiger partial charge in [-0.2, -0.15) is 0 Å². The fraction of sp³-hybridized carbons (Fsp3) is 0.0678. The van der Waals surface area contributed by atoms with E-state index in [1.165, 1.54) is 53.9 Å². The Kier molecular flexibility index (Phi) is 7.98. The van der Waals surface area contributed by atoms with E-state index < -0.39 is 0 Å². The van der Waals surface area contributed by atoms with Crippen LogP contribution in [-0.2, 0) is 0 Å². The molecule has 4 nitrogen and oxygen atoms in total. The highest BCUT2D eigenvalue weighted by Gasteiger charge is 2.26. The largest absolute Gasteiger partial charge is 0.456 e. The van der Waals surface area contributed by atoms with Crippen LogP contribution in [0.25, 0.3) is 98.2 Å². The Morgan fingerprint density at radius 3 is 2.02 bits per heavy atom. The third-order valence-corrected chi connectivity index (χ3v) is 13.4. The maximum atomic E-state index is 6.67. The Labute approximate surface area is 364 Å². The van der Waals surface area contributed by atoms with Gasteiger partial charge in [-0.25, -0.2) is 0 Å². The molecule has 0 saturated carbocycles. The van der Waals surface area contributed by atoms with Crippen molar-refractivity contribution in [1.82, 2.24) is 9.88 Å². The molecule has 1 aliphatic heterocycles. The number of benzene rings is 10. The number of fused-ring (bicyclic) bond motifs is 11. The van der Waals surface area contributed by atoms with Crippen molar-refractivity contribution < 1.29 is 4.42 Å². The van der Waals surface area contributed by atoms with Crippen LogP contribution < -0.4 is 5.32 Å². The molecular weight excluding hydrogens is 767 g/mol. The van der Waals surface area contributed by atoms with Crippen molar-refractivity contribution in [3.8, 4) is 5.69 Å². The van der Waals surface area contributed by atoms with Crippen molar-refractivity contribution >= 4 is 98.2 Å². The predicted molar refractivity (Wildman–Crippen MR) is 265 cm³/mol. The maximum Gasteiger partial charge on any atom is 0.145 e. The number of aliphatic imine (C=N–C) groups is 1. The third kappa shape index (κ3) is 5.79. The number of nitrogens with zero attached hydrogens (tertiary/aromatic N) is 2. The van der Waals surface area contributed by atoms with Gasteiger partial charge in [-0.1, -0.05) is 159 Å². The monoisotopic (exact) mass is 807 g/mol. The van der Waals surface area contributed by atoms with Crippen molar-refractivity contribution in [2.45, 2.75) is 19.5 Å². The van der Waals surface area contributed by atoms with Crippen LogP contribution in [-0.4, -0.2) is 10.3 Å². The minimum Gasteiger partial charge on any atom is -0.456 e. The number of nitrogens with one attached hydrogen (secondary N) is 1. The van der Waals surface area contributed by atoms with Gasteiger partial charge < -0.3 is 14.3 Å². The van der Waals surface area contributed by atoms with Crippen LogP contribution >= 0.6 is 0 Å². The van der Waals surface area contributed by atoms with Crippen molar-refractivity contribution in [2.24, 2.45) is 10.9 Å². The van der Waals surface area contributed by atoms with E-state index in [4.69, 9.17) is 9.41 Å². The lowest BCUT2D eigenvalue weighted by Crippen LogP contribution is -2.25. The summed E-state index contributed by atoms with van der Waals surface area (Å²) >= 11 is 0. The smallest absolute Gasteiger partial charge is 0.145 e. The van der Waals surface area contributed by atoms with Crippen molar-refractivity contribution in [3.63, 3.8) is 0 Å². The van der Waals surface area contributed by atoms with Crippen LogP contribution in [0.5, 0.6) is 0 Å². The van der Waals surface area contributed by atoms with Crippen molar-refractivity contribution in [1.29, 1.82) is 0 Å². The molecule has 10 aromatic carbocycles. The predicted octanol–water partition coefficient (Wildman–Crippen LogP) is 15.5. The summed E-state index contributed by atoms with van der Waals surface area (Å²) in [4.78, 5) is 5.78. The molecule has 2 atom stereocenters. The van der Waals surface area contributed by atoms with Crippen LogP contribution in [0.4, 0.5) is 0 Å². The van der Waals surface area contributed by atoms with Crippen LogP contribution in [0.1, 0.15) is 36.2 Å². The second-order valence-electron chi connectivity index (χ2n) is 17.2. The molecule has 1 aliphatic rings. The zero-order valence-electron chi connectivity index (χ0n) is 34.7. The molecule has 0 fully saturated rings. The highest BCUT2D eigenvalue weighted by Crippen LogP contribution is 2.42. The summed E-state index contributed by atoms with van der Waals surface area (Å²) in [7, 11) is 0. The normalized spacial score (nSPS) is 16.8. The van der Waals surface area contributed by atoms with Crippen LogP contribution in [0.15, 0.2) is 210 Å². The van der Waals surface area contributed by atoms with E-state index >= 15 is 0 Å². The molecule has 0 saturated heterocycles. The fourth-order valence-corrected chi connectivity index (χ4v) is 10.2. The van der Waals surface area contributed by atoms with Gasteiger partial charge in [0.1, 0.15) is 17.3 Å². The average Bonchev–Trinajstić information content (AvgIpc) is 3.86. The van der Waals surface area contributed by atoms with E-state index in [1.54, 1.807) is 0 Å². The fourth-order valence-electron chi connectivity index (χ4n) is 10.2. The molecule has 12 aromatic rings. The molecule has 0 spiro atoms. The molecule has 0 amide bonds. The van der Waals surface area contributed by atoms with Gasteiger partial charge in [0.15, 0.2) is 0 Å². The lowest BCUT2D eigenvalue weighted by atomic mass is 9.91. The molecular formula is C59H41N3O. The van der Waals surface area contributed by atoms with Gasteiger partial charge in [-0.3, -0.25) is 4.99 Å². The first-order valence-corrected chi connectivity index (χ1v) is 21.9. The summed E-state index contributed by atoms with van der Waals surface area (Å²) in [5.41, 5.74) is 10.6. The summed E-state index contributed by atoms with van der Waals surface area (Å²) in [6.07, 6.45) is 2.83. The zero-order valence-corrected chi connectivity index (χ0v) is 34.7. The highest BCUT2D eigenvalue weighted by molar-refractivity contribution is 6.15. The Bertz CT molecular complexity index is 3900. The Balaban J connectivity index is 1.06. The number of allylic oxidation sites excluding steroid dienone is 1. The number of aromatic nitrogens is 1. The first kappa shape index (κ1) is 35.8. The van der Waals surface area contributed by atoms with Crippen molar-refractivity contribution in [2.75, 3.05) is 0 Å². The molecule has 0 radical (unpaired) electrons. The number of hydrogen-bond donors (Lipinski definition) is 1. The summed E-state index contributed by atoms with van der Waals surface area (Å²) in [5.74, 6) is 0.136. The summed E-state index contributed by atoms with van der Waals surface area (Å²) in [6.45, 7) is 2.32. The molecule has 2 unspecified atom stereocenters. The van der Waals surface area contributed by atoms with Gasteiger partial charge in [0.25, 0.3) is 0 Å². The molecule has 2 aromatic heterocycles. The summed E-state index contributed by atoms with van der Waals surface area (Å²) in [6, 6.07) is 70.5. The quantitative estimate of drug-likeness (QED) is 0.180. The first-order valence-electron chi connectivity index (χ1n) is 21.9. The topological polar surface area (TPSA) is 42.5 Å². The molecule has 0 bridgehead atoms. The standard InChI is InChI=1S/C59H41N3O/c1-36-22-29-52(60-59(61-58(36)43-26-23-37-12-2-3-14-39(37)30-43)44-27-28-46-42(31-44)25-24-38-13-6-7-17-45(38)46)51-34-50-48-19-9-11-21-56(48)63-57(50)35-55(51)62-53-20-10-8-18-47(53)49-32-40-15-4-5-16-41(40)33-54(49)62/h2-21,23-36,59-60H,22H2,1H3/b52-29+,61-58?. The summed E-state index contributed by atoms with van der Waals surface area (Å²) < 4.78 is 9.12. The minimum absolute atomic E-state index is 0.136. The van der Waals surface area contributed by atoms with Crippen molar-refractivity contribution in [3.05, 3.63) is 217 Å². The van der Waals surface area contributed by atoms with E-state index in [2.05, 4.69) is 211 Å². The molecule has 0 aliphatic carbocycles. The van der Waals surface area contributed by atoms with Crippen LogP contribution in [0, 0.1) is 5.92 Å². The second kappa shape index (κ2) is 14.1. The summed E-state index contributed by atoms with van der Waals surface area (Å²) in [5, 5.41) is 18.5. The maximum absolute atomic E-state index is 6.67. The van der Waals surface area contributed by atoms with Crippen LogP contribution in [0.2, 0.25) is 0 Å². The lowest BCUT2D eigenvalue weighted by Gasteiger charge is -2.27. The van der Waals surface area contributed by atoms with E-state index in [0.29, 0.717) is 0 Å². The zero-order chi connectivity index (χ0) is 41.6.